The van der Waals surface area contributed by atoms with Crippen LogP contribution in [0.4, 0.5) is 5.69 Å². The normalized spacial score (nSPS) is 12.2. The van der Waals surface area contributed by atoms with Crippen LogP contribution in [-0.2, 0) is 10.0 Å². The van der Waals surface area contributed by atoms with Gasteiger partial charge in [-0.3, -0.25) is 0 Å². The average Bonchev–Trinajstić information content (AvgIpc) is 2.29. The number of nitrogens with two attached hydrogens (primary N) is 1. The van der Waals surface area contributed by atoms with Crippen molar-refractivity contribution < 1.29 is 8.42 Å². The van der Waals surface area contributed by atoms with E-state index in [0.29, 0.717) is 29.2 Å². The summed E-state index contributed by atoms with van der Waals surface area (Å²) in [7, 11) is -3.56. The quantitative estimate of drug-likeness (QED) is 0.497. The highest BCUT2D eigenvalue weighted by atomic mass is 35.5. The first-order valence-corrected chi connectivity index (χ1v) is 7.41. The molecule has 1 aromatic rings. The summed E-state index contributed by atoms with van der Waals surface area (Å²) in [6.07, 6.45) is 4.41. The van der Waals surface area contributed by atoms with Crippen LogP contribution >= 0.6 is 11.6 Å². The van der Waals surface area contributed by atoms with Crippen LogP contribution in [0.1, 0.15) is 18.9 Å². The summed E-state index contributed by atoms with van der Waals surface area (Å²) in [6.45, 7) is 3.89. The molecule has 6 heteroatoms. The molecule has 18 heavy (non-hydrogen) atoms. The summed E-state index contributed by atoms with van der Waals surface area (Å²) >= 11 is 5.83. The van der Waals surface area contributed by atoms with Crippen molar-refractivity contribution in [3.63, 3.8) is 0 Å². The van der Waals surface area contributed by atoms with Crippen LogP contribution in [-0.4, -0.2) is 15.0 Å². The number of allylic oxidation sites excluding steroid dienone is 1. The molecule has 0 aromatic heterocycles. The summed E-state index contributed by atoms with van der Waals surface area (Å²) in [5.41, 5.74) is 6.59. The number of benzene rings is 1. The standard InChI is InChI=1S/C12H17ClN2O2S/c1-3-4-5-6-15-18(16,17)12-8-10(13)7-11(14)9(12)2/h3-4,7-8,15H,5-6,14H2,1-2H3/b4-3+. The molecule has 0 amide bonds. The van der Waals surface area contributed by atoms with Gasteiger partial charge in [0.15, 0.2) is 0 Å². The Morgan fingerprint density at radius 1 is 1.44 bits per heavy atom. The van der Waals surface area contributed by atoms with E-state index in [9.17, 15) is 8.42 Å². The lowest BCUT2D eigenvalue weighted by Gasteiger charge is -2.11. The van der Waals surface area contributed by atoms with Crippen molar-refractivity contribution in [2.75, 3.05) is 12.3 Å². The van der Waals surface area contributed by atoms with E-state index in [1.165, 1.54) is 12.1 Å². The molecular weight excluding hydrogens is 272 g/mol. The molecule has 0 aliphatic heterocycles. The minimum absolute atomic E-state index is 0.132. The summed E-state index contributed by atoms with van der Waals surface area (Å²) in [6, 6.07) is 2.95. The third kappa shape index (κ3) is 3.73. The van der Waals surface area contributed by atoms with Gasteiger partial charge in [-0.05, 0) is 38.0 Å². The highest BCUT2D eigenvalue weighted by Gasteiger charge is 2.18. The molecule has 0 heterocycles. The van der Waals surface area contributed by atoms with Gasteiger partial charge in [-0.25, -0.2) is 13.1 Å². The van der Waals surface area contributed by atoms with Crippen molar-refractivity contribution in [1.82, 2.24) is 4.72 Å². The van der Waals surface area contributed by atoms with Crippen molar-refractivity contribution >= 4 is 27.3 Å². The monoisotopic (exact) mass is 288 g/mol. The van der Waals surface area contributed by atoms with Crippen molar-refractivity contribution in [1.29, 1.82) is 0 Å². The van der Waals surface area contributed by atoms with Crippen LogP contribution in [0, 0.1) is 6.92 Å². The second-order valence-electron chi connectivity index (χ2n) is 3.87. The number of sulfonamides is 1. The van der Waals surface area contributed by atoms with E-state index in [4.69, 9.17) is 17.3 Å². The van der Waals surface area contributed by atoms with Gasteiger partial charge in [0.2, 0.25) is 10.0 Å². The largest absolute Gasteiger partial charge is 0.398 e. The minimum Gasteiger partial charge on any atom is -0.398 e. The molecule has 0 fully saturated rings. The van der Waals surface area contributed by atoms with E-state index in [0.717, 1.165) is 0 Å². The van der Waals surface area contributed by atoms with E-state index in [-0.39, 0.29) is 4.90 Å². The van der Waals surface area contributed by atoms with Crippen LogP contribution in [0.15, 0.2) is 29.2 Å². The van der Waals surface area contributed by atoms with Gasteiger partial charge in [0.05, 0.1) is 4.90 Å². The Bertz CT molecular complexity index is 553. The van der Waals surface area contributed by atoms with Crippen LogP contribution < -0.4 is 10.5 Å². The van der Waals surface area contributed by atoms with E-state index in [1.54, 1.807) is 6.92 Å². The van der Waals surface area contributed by atoms with Gasteiger partial charge < -0.3 is 5.73 Å². The maximum atomic E-state index is 12.1. The number of nitrogens with one attached hydrogen (secondary N) is 1. The lowest BCUT2D eigenvalue weighted by atomic mass is 10.2. The first kappa shape index (κ1) is 15.0. The lowest BCUT2D eigenvalue weighted by Crippen LogP contribution is -2.25. The third-order valence-electron chi connectivity index (χ3n) is 2.49. The van der Waals surface area contributed by atoms with Gasteiger partial charge in [0.25, 0.3) is 0 Å². The molecule has 0 saturated heterocycles. The molecule has 3 N–H and O–H groups in total. The Kier molecular flexibility index (Phi) is 5.19. The Morgan fingerprint density at radius 3 is 2.72 bits per heavy atom. The van der Waals surface area contributed by atoms with Crippen LogP contribution in [0.2, 0.25) is 5.02 Å². The van der Waals surface area contributed by atoms with Gasteiger partial charge in [-0.15, -0.1) is 0 Å². The molecule has 0 aliphatic carbocycles. The molecule has 4 nitrogen and oxygen atoms in total. The van der Waals surface area contributed by atoms with Gasteiger partial charge in [0, 0.05) is 17.3 Å². The second kappa shape index (κ2) is 6.22. The highest BCUT2D eigenvalue weighted by molar-refractivity contribution is 7.89. The number of anilines is 1. The molecule has 1 aromatic carbocycles. The fourth-order valence-electron chi connectivity index (χ4n) is 1.47. The molecule has 1 rings (SSSR count). The molecular formula is C12H17ClN2O2S. The number of hydrogen-bond donors (Lipinski definition) is 2. The van der Waals surface area contributed by atoms with Gasteiger partial charge in [-0.2, -0.15) is 0 Å². The topological polar surface area (TPSA) is 72.2 Å². The smallest absolute Gasteiger partial charge is 0.240 e. The maximum absolute atomic E-state index is 12.1. The minimum atomic E-state index is -3.56. The van der Waals surface area contributed by atoms with Gasteiger partial charge >= 0.3 is 0 Å². The predicted molar refractivity (Wildman–Crippen MR) is 75.2 cm³/mol. The molecule has 100 valence electrons. The van der Waals surface area contributed by atoms with E-state index < -0.39 is 10.0 Å². The third-order valence-corrected chi connectivity index (χ3v) is 4.30. The van der Waals surface area contributed by atoms with Crippen molar-refractivity contribution in [3.05, 3.63) is 34.9 Å². The zero-order valence-electron chi connectivity index (χ0n) is 10.4. The lowest BCUT2D eigenvalue weighted by molar-refractivity contribution is 0.581. The van der Waals surface area contributed by atoms with E-state index in [1.807, 2.05) is 19.1 Å². The SMILES string of the molecule is C/C=C/CCNS(=O)(=O)c1cc(Cl)cc(N)c1C. The van der Waals surface area contributed by atoms with Crippen LogP contribution in [0.5, 0.6) is 0 Å². The Hall–Kier alpha value is -1.04. The average molecular weight is 289 g/mol. The van der Waals surface area contributed by atoms with Crippen molar-refractivity contribution in [3.8, 4) is 0 Å². The Labute approximate surface area is 113 Å². The highest BCUT2D eigenvalue weighted by Crippen LogP contribution is 2.25. The van der Waals surface area contributed by atoms with Crippen LogP contribution in [0.25, 0.3) is 0 Å². The number of hydrogen-bond acceptors (Lipinski definition) is 3. The maximum Gasteiger partial charge on any atom is 0.240 e. The van der Waals surface area contributed by atoms with Gasteiger partial charge in [-0.1, -0.05) is 23.8 Å². The summed E-state index contributed by atoms with van der Waals surface area (Å²) < 4.78 is 26.7. The Morgan fingerprint density at radius 2 is 2.11 bits per heavy atom. The number of nitrogen functional groups attached to an aromatic ring is 1. The second-order valence-corrected chi connectivity index (χ2v) is 6.05. The van der Waals surface area contributed by atoms with Crippen molar-refractivity contribution in [2.24, 2.45) is 0 Å². The molecule has 0 aliphatic rings. The number of rotatable bonds is 5. The molecule has 0 unspecified atom stereocenters. The van der Waals surface area contributed by atoms with Gasteiger partial charge in [0.1, 0.15) is 0 Å². The first-order chi connectivity index (χ1) is 8.38. The summed E-state index contributed by atoms with van der Waals surface area (Å²) in [5, 5.41) is 0.312. The molecule has 0 bridgehead atoms. The predicted octanol–water partition coefficient (Wildman–Crippen LogP) is 2.48. The fraction of sp³-hybridized carbons (Fsp3) is 0.333. The van der Waals surface area contributed by atoms with Crippen molar-refractivity contribution in [2.45, 2.75) is 25.2 Å². The molecule has 0 radical (unpaired) electrons. The fourth-order valence-corrected chi connectivity index (χ4v) is 3.11. The zero-order chi connectivity index (χ0) is 13.8. The van der Waals surface area contributed by atoms with E-state index in [2.05, 4.69) is 4.72 Å². The summed E-state index contributed by atoms with van der Waals surface area (Å²) in [4.78, 5) is 0.132. The molecule has 0 spiro atoms. The van der Waals surface area contributed by atoms with E-state index >= 15 is 0 Å². The zero-order valence-corrected chi connectivity index (χ0v) is 12.0. The Balaban J connectivity index is 2.98. The first-order valence-electron chi connectivity index (χ1n) is 5.55. The number of halogens is 1. The van der Waals surface area contributed by atoms with Crippen LogP contribution in [0.3, 0.4) is 0 Å². The summed E-state index contributed by atoms with van der Waals surface area (Å²) in [5.74, 6) is 0. The molecule has 0 atom stereocenters. The molecule has 0 saturated carbocycles.